The lowest BCUT2D eigenvalue weighted by molar-refractivity contribution is -0.123. The van der Waals surface area contributed by atoms with E-state index in [9.17, 15) is 13.6 Å². The molecule has 1 N–H and O–H groups in total. The van der Waals surface area contributed by atoms with E-state index < -0.39 is 6.43 Å². The Morgan fingerprint density at radius 2 is 1.88 bits per heavy atom. The van der Waals surface area contributed by atoms with Crippen LogP contribution in [0.5, 0.6) is 0 Å². The Hall–Kier alpha value is -1.49. The maximum atomic E-state index is 12.4. The first-order valence-corrected chi connectivity index (χ1v) is 8.97. The van der Waals surface area contributed by atoms with E-state index in [1.165, 1.54) is 11.1 Å². The van der Waals surface area contributed by atoms with Gasteiger partial charge in [-0.25, -0.2) is 8.78 Å². The molecule has 3 nitrogen and oxygen atoms in total. The van der Waals surface area contributed by atoms with Gasteiger partial charge in [0.25, 0.3) is 6.43 Å². The summed E-state index contributed by atoms with van der Waals surface area (Å²) in [6.07, 6.45) is 2.95. The first-order valence-electron chi connectivity index (χ1n) is 8.97. The van der Waals surface area contributed by atoms with Crippen LogP contribution in [0.1, 0.15) is 36.8 Å². The predicted octanol–water partition coefficient (Wildman–Crippen LogP) is 3.03. The molecule has 24 heavy (non-hydrogen) atoms. The molecule has 3 rings (SSSR count). The van der Waals surface area contributed by atoms with Gasteiger partial charge in [0, 0.05) is 25.6 Å². The van der Waals surface area contributed by atoms with Gasteiger partial charge in [0.15, 0.2) is 0 Å². The highest BCUT2D eigenvalue weighted by atomic mass is 19.3. The van der Waals surface area contributed by atoms with E-state index in [4.69, 9.17) is 0 Å². The first-order chi connectivity index (χ1) is 11.6. The van der Waals surface area contributed by atoms with Gasteiger partial charge in [-0.2, -0.15) is 0 Å². The Kier molecular flexibility index (Phi) is 5.82. The molecule has 132 valence electrons. The van der Waals surface area contributed by atoms with E-state index in [1.807, 2.05) is 0 Å². The predicted molar refractivity (Wildman–Crippen MR) is 90.2 cm³/mol. The largest absolute Gasteiger partial charge is 0.353 e. The molecule has 1 aromatic carbocycles. The van der Waals surface area contributed by atoms with Crippen LogP contribution in [-0.4, -0.2) is 42.9 Å². The van der Waals surface area contributed by atoms with Crippen molar-refractivity contribution in [3.63, 3.8) is 0 Å². The minimum Gasteiger partial charge on any atom is -0.353 e. The van der Waals surface area contributed by atoms with Gasteiger partial charge >= 0.3 is 0 Å². The third kappa shape index (κ3) is 4.76. The van der Waals surface area contributed by atoms with E-state index in [-0.39, 0.29) is 18.5 Å². The summed E-state index contributed by atoms with van der Waals surface area (Å²) in [7, 11) is 0. The van der Waals surface area contributed by atoms with Crippen LogP contribution in [0, 0.1) is 5.92 Å². The molecule has 1 atom stereocenters. The number of halogens is 2. The number of nitrogens with one attached hydrogen (secondary N) is 1. The molecule has 1 fully saturated rings. The van der Waals surface area contributed by atoms with Crippen LogP contribution in [0.2, 0.25) is 0 Å². The van der Waals surface area contributed by atoms with Crippen molar-refractivity contribution < 1.29 is 13.6 Å². The molecular formula is C19H26F2N2O. The molecule has 1 aromatic rings. The lowest BCUT2D eigenvalue weighted by Crippen LogP contribution is -2.46. The number of amides is 1. The number of aryl methyl sites for hydroxylation is 1. The molecular weight excluding hydrogens is 310 g/mol. The molecule has 0 aromatic heterocycles. The van der Waals surface area contributed by atoms with E-state index in [1.54, 1.807) is 4.90 Å². The summed E-state index contributed by atoms with van der Waals surface area (Å²) in [4.78, 5) is 14.1. The van der Waals surface area contributed by atoms with Gasteiger partial charge in [-0.3, -0.25) is 9.69 Å². The zero-order valence-electron chi connectivity index (χ0n) is 14.0. The van der Waals surface area contributed by atoms with E-state index in [2.05, 4.69) is 29.6 Å². The maximum absolute atomic E-state index is 12.4. The molecule has 0 saturated carbocycles. The number of piperidine rings is 1. The van der Waals surface area contributed by atoms with Crippen LogP contribution in [-0.2, 0) is 17.6 Å². The summed E-state index contributed by atoms with van der Waals surface area (Å²) in [5, 5.41) is 3.11. The fourth-order valence-electron chi connectivity index (χ4n) is 3.95. The number of benzene rings is 1. The fourth-order valence-corrected chi connectivity index (χ4v) is 3.95. The lowest BCUT2D eigenvalue weighted by Gasteiger charge is -2.32. The number of alkyl halides is 2. The highest BCUT2D eigenvalue weighted by Gasteiger charge is 2.25. The van der Waals surface area contributed by atoms with Crippen molar-refractivity contribution in [1.82, 2.24) is 10.2 Å². The number of fused-ring (bicyclic) bond motifs is 1. The van der Waals surface area contributed by atoms with E-state index >= 15 is 0 Å². The highest BCUT2D eigenvalue weighted by Crippen LogP contribution is 2.27. The summed E-state index contributed by atoms with van der Waals surface area (Å²) in [6.45, 7) is 1.14. The van der Waals surface area contributed by atoms with Crippen LogP contribution in [0.3, 0.4) is 0 Å². The van der Waals surface area contributed by atoms with Crippen LogP contribution >= 0.6 is 0 Å². The average Bonchev–Trinajstić information content (AvgIpc) is 2.56. The Bertz CT molecular complexity index is 556. The van der Waals surface area contributed by atoms with Crippen LogP contribution in [0.15, 0.2) is 24.3 Å². The van der Waals surface area contributed by atoms with Crippen LogP contribution in [0.4, 0.5) is 8.78 Å². The Labute approximate surface area is 142 Å². The quantitative estimate of drug-likeness (QED) is 0.896. The molecule has 2 aliphatic rings. The first kappa shape index (κ1) is 17.3. The molecule has 1 heterocycles. The number of nitrogens with zero attached hydrogens (tertiary/aromatic N) is 1. The van der Waals surface area contributed by atoms with Crippen molar-refractivity contribution >= 4 is 5.91 Å². The minimum absolute atomic E-state index is 0.117. The molecule has 1 aliphatic heterocycles. The average molecular weight is 336 g/mol. The molecule has 5 heteroatoms. The number of hydrogen-bond donors (Lipinski definition) is 1. The number of hydrogen-bond acceptors (Lipinski definition) is 2. The van der Waals surface area contributed by atoms with Gasteiger partial charge < -0.3 is 5.32 Å². The Morgan fingerprint density at radius 1 is 1.17 bits per heavy atom. The second-order valence-electron chi connectivity index (χ2n) is 7.12. The second-order valence-corrected chi connectivity index (χ2v) is 7.12. The number of carbonyl (C=O) groups excluding carboxylic acids is 1. The van der Waals surface area contributed by atoms with Gasteiger partial charge in [0.1, 0.15) is 0 Å². The normalized spacial score (nSPS) is 22.4. The standard InChI is InChI=1S/C19H26F2N2O/c20-18(21)13-23-9-7-17(8-10-23)22-19(24)12-14-5-6-15-3-1-2-4-16(15)11-14/h1-4,14,17-18H,5-13H2,(H,22,24). The zero-order chi connectivity index (χ0) is 16.9. The van der Waals surface area contributed by atoms with Gasteiger partial charge in [-0.05, 0) is 49.1 Å². The topological polar surface area (TPSA) is 32.3 Å². The summed E-state index contributed by atoms with van der Waals surface area (Å²) in [5.74, 6) is 0.533. The minimum atomic E-state index is -2.27. The van der Waals surface area contributed by atoms with Crippen molar-refractivity contribution in [3.05, 3.63) is 35.4 Å². The third-order valence-electron chi connectivity index (χ3n) is 5.27. The molecule has 1 unspecified atom stereocenters. The fraction of sp³-hybridized carbons (Fsp3) is 0.632. The second kappa shape index (κ2) is 8.06. The van der Waals surface area contributed by atoms with Gasteiger partial charge in [0.2, 0.25) is 5.91 Å². The summed E-state index contributed by atoms with van der Waals surface area (Å²) >= 11 is 0. The Morgan fingerprint density at radius 3 is 2.58 bits per heavy atom. The molecule has 1 saturated heterocycles. The van der Waals surface area contributed by atoms with Crippen molar-refractivity contribution in [1.29, 1.82) is 0 Å². The molecule has 0 bridgehead atoms. The molecule has 0 spiro atoms. The summed E-state index contributed by atoms with van der Waals surface area (Å²) < 4.78 is 24.8. The summed E-state index contributed by atoms with van der Waals surface area (Å²) in [5.41, 5.74) is 2.79. The SMILES string of the molecule is O=C(CC1CCc2ccccc2C1)NC1CCN(CC(F)F)CC1. The third-order valence-corrected chi connectivity index (χ3v) is 5.27. The maximum Gasteiger partial charge on any atom is 0.251 e. The van der Waals surface area contributed by atoms with E-state index in [0.29, 0.717) is 25.4 Å². The van der Waals surface area contributed by atoms with Crippen molar-refractivity contribution in [2.24, 2.45) is 5.92 Å². The molecule has 1 amide bonds. The van der Waals surface area contributed by atoms with Crippen molar-refractivity contribution in [3.8, 4) is 0 Å². The van der Waals surface area contributed by atoms with Gasteiger partial charge in [0.05, 0.1) is 6.54 Å². The zero-order valence-corrected chi connectivity index (χ0v) is 14.0. The molecule has 1 aliphatic carbocycles. The monoisotopic (exact) mass is 336 g/mol. The number of rotatable bonds is 5. The Balaban J connectivity index is 1.41. The highest BCUT2D eigenvalue weighted by molar-refractivity contribution is 5.76. The van der Waals surface area contributed by atoms with Crippen molar-refractivity contribution in [2.45, 2.75) is 51.0 Å². The number of carbonyl (C=O) groups is 1. The van der Waals surface area contributed by atoms with E-state index in [0.717, 1.165) is 32.1 Å². The van der Waals surface area contributed by atoms with Crippen LogP contribution in [0.25, 0.3) is 0 Å². The smallest absolute Gasteiger partial charge is 0.251 e. The van der Waals surface area contributed by atoms with Crippen molar-refractivity contribution in [2.75, 3.05) is 19.6 Å². The van der Waals surface area contributed by atoms with Gasteiger partial charge in [-0.15, -0.1) is 0 Å². The van der Waals surface area contributed by atoms with Gasteiger partial charge in [-0.1, -0.05) is 24.3 Å². The number of likely N-dealkylation sites (tertiary alicyclic amines) is 1. The summed E-state index contributed by atoms with van der Waals surface area (Å²) in [6, 6.07) is 8.62. The molecule has 0 radical (unpaired) electrons. The lowest BCUT2D eigenvalue weighted by atomic mass is 9.82. The van der Waals surface area contributed by atoms with Crippen LogP contribution < -0.4 is 5.32 Å².